The van der Waals surface area contributed by atoms with Crippen LogP contribution in [0.15, 0.2) is 23.0 Å². The first kappa shape index (κ1) is 18.5. The summed E-state index contributed by atoms with van der Waals surface area (Å²) in [5, 5.41) is 9.61. The van der Waals surface area contributed by atoms with Gasteiger partial charge in [-0.1, -0.05) is 18.2 Å². The van der Waals surface area contributed by atoms with Crippen molar-refractivity contribution >= 4 is 17.5 Å². The summed E-state index contributed by atoms with van der Waals surface area (Å²) in [6, 6.07) is 5.81. The molecule has 1 aromatic heterocycles. The molecule has 2 N–H and O–H groups in total. The van der Waals surface area contributed by atoms with Crippen molar-refractivity contribution in [2.75, 3.05) is 18.4 Å². The molecule has 0 bridgehead atoms. The molecular weight excluding hydrogens is 358 g/mol. The van der Waals surface area contributed by atoms with E-state index in [1.54, 1.807) is 4.57 Å². The Labute approximate surface area is 162 Å². The van der Waals surface area contributed by atoms with Gasteiger partial charge in [-0.25, -0.2) is 9.89 Å². The molecule has 2 aromatic rings. The predicted molar refractivity (Wildman–Crippen MR) is 104 cm³/mol. The number of hydrogen-bond donors (Lipinski definition) is 2. The van der Waals surface area contributed by atoms with Gasteiger partial charge in [-0.15, -0.1) is 0 Å². The van der Waals surface area contributed by atoms with Crippen molar-refractivity contribution in [3.8, 4) is 0 Å². The van der Waals surface area contributed by atoms with Crippen molar-refractivity contribution in [1.82, 2.24) is 19.7 Å². The molecule has 2 amide bonds. The third-order valence-electron chi connectivity index (χ3n) is 5.94. The highest BCUT2D eigenvalue weighted by Gasteiger charge is 2.35. The van der Waals surface area contributed by atoms with Crippen molar-refractivity contribution in [1.29, 1.82) is 0 Å². The number of piperidine rings is 1. The van der Waals surface area contributed by atoms with Crippen LogP contribution in [-0.2, 0) is 16.1 Å². The first-order valence-electron chi connectivity index (χ1n) is 9.82. The Morgan fingerprint density at radius 3 is 2.71 bits per heavy atom. The number of benzene rings is 1. The smallest absolute Gasteiger partial charge is 0.343 e. The van der Waals surface area contributed by atoms with Crippen LogP contribution in [0.25, 0.3) is 0 Å². The van der Waals surface area contributed by atoms with E-state index in [1.165, 1.54) is 0 Å². The van der Waals surface area contributed by atoms with Crippen LogP contribution < -0.4 is 11.0 Å². The first-order valence-corrected chi connectivity index (χ1v) is 9.82. The van der Waals surface area contributed by atoms with Gasteiger partial charge in [-0.3, -0.25) is 14.2 Å². The third-order valence-corrected chi connectivity index (χ3v) is 5.94. The number of anilines is 1. The summed E-state index contributed by atoms with van der Waals surface area (Å²) >= 11 is 0. The van der Waals surface area contributed by atoms with Crippen LogP contribution in [0.5, 0.6) is 0 Å². The molecule has 2 aliphatic rings. The van der Waals surface area contributed by atoms with Gasteiger partial charge in [0.2, 0.25) is 11.8 Å². The number of aromatic nitrogens is 3. The van der Waals surface area contributed by atoms with Crippen LogP contribution in [0.4, 0.5) is 5.69 Å². The minimum Gasteiger partial charge on any atom is -0.343 e. The molecule has 1 fully saturated rings. The molecule has 1 aromatic carbocycles. The minimum absolute atomic E-state index is 0.00265. The van der Waals surface area contributed by atoms with E-state index in [4.69, 9.17) is 0 Å². The van der Waals surface area contributed by atoms with E-state index in [2.05, 4.69) is 15.5 Å². The summed E-state index contributed by atoms with van der Waals surface area (Å²) in [4.78, 5) is 38.8. The molecule has 0 unspecified atom stereocenters. The first-order chi connectivity index (χ1) is 13.5. The monoisotopic (exact) mass is 383 g/mol. The minimum atomic E-state index is -0.420. The quantitative estimate of drug-likeness (QED) is 0.840. The molecule has 0 saturated carbocycles. The van der Waals surface area contributed by atoms with Gasteiger partial charge in [-0.2, -0.15) is 5.10 Å². The predicted octanol–water partition coefficient (Wildman–Crippen LogP) is 1.73. The number of carbonyl (C=O) groups is 2. The van der Waals surface area contributed by atoms with Crippen molar-refractivity contribution in [3.63, 3.8) is 0 Å². The van der Waals surface area contributed by atoms with E-state index < -0.39 is 5.92 Å². The van der Waals surface area contributed by atoms with Gasteiger partial charge < -0.3 is 10.2 Å². The van der Waals surface area contributed by atoms with Crippen molar-refractivity contribution in [2.24, 2.45) is 0 Å². The van der Waals surface area contributed by atoms with Gasteiger partial charge in [-0.05, 0) is 37.8 Å². The Hall–Kier alpha value is -2.90. The zero-order valence-corrected chi connectivity index (χ0v) is 16.2. The van der Waals surface area contributed by atoms with Crippen LogP contribution in [0.2, 0.25) is 0 Å². The lowest BCUT2D eigenvalue weighted by Crippen LogP contribution is -2.39. The van der Waals surface area contributed by atoms with Gasteiger partial charge in [0.1, 0.15) is 5.82 Å². The number of nitrogens with one attached hydrogen (secondary N) is 2. The highest BCUT2D eigenvalue weighted by atomic mass is 16.2. The molecule has 2 aliphatic heterocycles. The number of H-pyrrole nitrogens is 1. The fourth-order valence-corrected chi connectivity index (χ4v) is 4.34. The lowest BCUT2D eigenvalue weighted by molar-refractivity contribution is -0.134. The number of nitrogens with zero attached hydrogens (tertiary/aromatic N) is 3. The summed E-state index contributed by atoms with van der Waals surface area (Å²) in [5.41, 5.74) is 2.59. The largest absolute Gasteiger partial charge is 0.343 e. The lowest BCUT2D eigenvalue weighted by atomic mass is 9.93. The summed E-state index contributed by atoms with van der Waals surface area (Å²) in [6.45, 7) is 5.69. The molecule has 1 atom stereocenters. The van der Waals surface area contributed by atoms with E-state index in [-0.39, 0.29) is 29.8 Å². The second-order valence-corrected chi connectivity index (χ2v) is 7.57. The number of likely N-dealkylation sites (tertiary alicyclic amines) is 1. The van der Waals surface area contributed by atoms with Crippen LogP contribution in [0, 0.1) is 6.92 Å². The molecule has 0 spiro atoms. The highest BCUT2D eigenvalue weighted by Crippen LogP contribution is 2.37. The zero-order valence-electron chi connectivity index (χ0n) is 16.2. The molecule has 1 saturated heterocycles. The SMILES string of the molecule is CCn1c(C2CCN(C(=O)C[C@@H]3C(=O)Nc4c(C)cccc43)CC2)n[nH]c1=O. The summed E-state index contributed by atoms with van der Waals surface area (Å²) in [7, 11) is 0. The topological polar surface area (TPSA) is 100 Å². The Balaban J connectivity index is 1.41. The number of hydrogen-bond acceptors (Lipinski definition) is 4. The van der Waals surface area contributed by atoms with E-state index in [0.717, 1.165) is 35.5 Å². The molecule has 28 heavy (non-hydrogen) atoms. The number of rotatable bonds is 4. The number of aromatic amines is 1. The Morgan fingerprint density at radius 2 is 2.00 bits per heavy atom. The molecule has 8 heteroatoms. The molecule has 4 rings (SSSR count). The number of aryl methyl sites for hydroxylation is 1. The number of fused-ring (bicyclic) bond motifs is 1. The summed E-state index contributed by atoms with van der Waals surface area (Å²) in [6.07, 6.45) is 1.72. The fourth-order valence-electron chi connectivity index (χ4n) is 4.34. The average Bonchev–Trinajstić information content (AvgIpc) is 3.23. The van der Waals surface area contributed by atoms with E-state index in [1.807, 2.05) is 36.9 Å². The fraction of sp³-hybridized carbons (Fsp3) is 0.500. The maximum Gasteiger partial charge on any atom is 0.343 e. The van der Waals surface area contributed by atoms with Crippen molar-refractivity contribution in [2.45, 2.75) is 51.5 Å². The average molecular weight is 383 g/mol. The van der Waals surface area contributed by atoms with Crippen LogP contribution in [-0.4, -0.2) is 44.6 Å². The number of carbonyl (C=O) groups excluding carboxylic acids is 2. The molecule has 148 valence electrons. The second kappa shape index (κ2) is 7.26. The van der Waals surface area contributed by atoms with Crippen LogP contribution >= 0.6 is 0 Å². The van der Waals surface area contributed by atoms with Crippen molar-refractivity contribution in [3.05, 3.63) is 45.6 Å². The molecule has 8 nitrogen and oxygen atoms in total. The normalized spacial score (nSPS) is 19.6. The summed E-state index contributed by atoms with van der Waals surface area (Å²) in [5.74, 6) is 0.427. The van der Waals surface area contributed by atoms with Crippen molar-refractivity contribution < 1.29 is 9.59 Å². The second-order valence-electron chi connectivity index (χ2n) is 7.57. The van der Waals surface area contributed by atoms with Gasteiger partial charge >= 0.3 is 5.69 Å². The van der Waals surface area contributed by atoms with E-state index >= 15 is 0 Å². The molecule has 0 radical (unpaired) electrons. The van der Waals surface area contributed by atoms with Gasteiger partial charge in [0.15, 0.2) is 0 Å². The number of amides is 2. The molecule has 3 heterocycles. The summed E-state index contributed by atoms with van der Waals surface area (Å²) < 4.78 is 1.66. The van der Waals surface area contributed by atoms with Crippen LogP contribution in [0.1, 0.15) is 55.0 Å². The standard InChI is InChI=1S/C20H25N5O3/c1-3-25-18(22-23-20(25)28)13-7-9-24(10-8-13)16(26)11-15-14-6-4-5-12(2)17(14)21-19(15)27/h4-6,13,15H,3,7-11H2,1-2H3,(H,21,27)(H,23,28)/t15-/m0/s1. The molecule has 0 aliphatic carbocycles. The maximum atomic E-state index is 12.8. The highest BCUT2D eigenvalue weighted by molar-refractivity contribution is 6.05. The lowest BCUT2D eigenvalue weighted by Gasteiger charge is -2.32. The van der Waals surface area contributed by atoms with E-state index in [9.17, 15) is 14.4 Å². The Bertz CT molecular complexity index is 968. The number of para-hydroxylation sites is 1. The maximum absolute atomic E-state index is 12.8. The van der Waals surface area contributed by atoms with Gasteiger partial charge in [0.25, 0.3) is 0 Å². The van der Waals surface area contributed by atoms with E-state index in [0.29, 0.717) is 19.6 Å². The third kappa shape index (κ3) is 3.12. The Kier molecular flexibility index (Phi) is 4.78. The molecular formula is C20H25N5O3. The van der Waals surface area contributed by atoms with Gasteiger partial charge in [0.05, 0.1) is 5.92 Å². The Morgan fingerprint density at radius 1 is 1.25 bits per heavy atom. The van der Waals surface area contributed by atoms with Crippen LogP contribution in [0.3, 0.4) is 0 Å². The van der Waals surface area contributed by atoms with Gasteiger partial charge in [0, 0.05) is 37.7 Å². The zero-order chi connectivity index (χ0) is 19.8.